The number of carbonyl (C=O) groups is 1. The summed E-state index contributed by atoms with van der Waals surface area (Å²) in [6.07, 6.45) is 5.12. The summed E-state index contributed by atoms with van der Waals surface area (Å²) in [7, 11) is 1.63. The van der Waals surface area contributed by atoms with Crippen molar-refractivity contribution in [2.24, 2.45) is 0 Å². The highest BCUT2D eigenvalue weighted by molar-refractivity contribution is 6.03. The molecule has 0 atom stereocenters. The second-order valence-electron chi connectivity index (χ2n) is 4.38. The lowest BCUT2D eigenvalue weighted by Crippen LogP contribution is -2.16. The molecule has 0 bridgehead atoms. The van der Waals surface area contributed by atoms with Crippen LogP contribution in [0.25, 0.3) is 0 Å². The van der Waals surface area contributed by atoms with Gasteiger partial charge in [0.2, 0.25) is 0 Å². The first-order chi connectivity index (χ1) is 9.63. The maximum atomic E-state index is 12.2. The van der Waals surface area contributed by atoms with Crippen LogP contribution in [-0.2, 0) is 17.8 Å². The quantitative estimate of drug-likeness (QED) is 0.830. The highest BCUT2D eigenvalue weighted by Crippen LogP contribution is 2.13. The Kier molecular flexibility index (Phi) is 4.41. The molecule has 0 aliphatic carbocycles. The molecule has 0 saturated heterocycles. The summed E-state index contributed by atoms with van der Waals surface area (Å²) in [5, 5.41) is 6.94. The van der Waals surface area contributed by atoms with E-state index in [0.717, 1.165) is 0 Å². The van der Waals surface area contributed by atoms with E-state index in [1.165, 1.54) is 0 Å². The third-order valence-corrected chi connectivity index (χ3v) is 2.91. The SMILES string of the molecule is CCn1cc(N)cc1C(=O)Nc1cnn(CCOC)c1. The molecule has 20 heavy (non-hydrogen) atoms. The average Bonchev–Trinajstić information content (AvgIpc) is 3.02. The summed E-state index contributed by atoms with van der Waals surface area (Å²) < 4.78 is 8.49. The highest BCUT2D eigenvalue weighted by atomic mass is 16.5. The van der Waals surface area contributed by atoms with Gasteiger partial charge in [-0.2, -0.15) is 5.10 Å². The summed E-state index contributed by atoms with van der Waals surface area (Å²) >= 11 is 0. The lowest BCUT2D eigenvalue weighted by Gasteiger charge is -2.05. The Morgan fingerprint density at radius 3 is 3.00 bits per heavy atom. The van der Waals surface area contributed by atoms with E-state index in [-0.39, 0.29) is 5.91 Å². The average molecular weight is 277 g/mol. The molecule has 2 aromatic rings. The molecule has 0 saturated carbocycles. The minimum atomic E-state index is -0.199. The molecule has 2 heterocycles. The summed E-state index contributed by atoms with van der Waals surface area (Å²) in [4.78, 5) is 12.2. The topological polar surface area (TPSA) is 87.1 Å². The molecule has 0 aliphatic heterocycles. The molecule has 7 nitrogen and oxygen atoms in total. The minimum absolute atomic E-state index is 0.199. The predicted molar refractivity (Wildman–Crippen MR) is 76.6 cm³/mol. The number of aryl methyl sites for hydroxylation is 1. The molecule has 0 unspecified atom stereocenters. The van der Waals surface area contributed by atoms with Gasteiger partial charge in [-0.1, -0.05) is 0 Å². The van der Waals surface area contributed by atoms with Gasteiger partial charge in [-0.25, -0.2) is 0 Å². The smallest absolute Gasteiger partial charge is 0.272 e. The van der Waals surface area contributed by atoms with E-state index in [0.29, 0.717) is 36.8 Å². The van der Waals surface area contributed by atoms with Crippen LogP contribution in [0.15, 0.2) is 24.7 Å². The van der Waals surface area contributed by atoms with Gasteiger partial charge < -0.3 is 20.4 Å². The lowest BCUT2D eigenvalue weighted by molar-refractivity contribution is 0.101. The first-order valence-corrected chi connectivity index (χ1v) is 6.42. The van der Waals surface area contributed by atoms with Crippen LogP contribution in [0, 0.1) is 0 Å². The Labute approximate surface area is 117 Å². The Morgan fingerprint density at radius 1 is 1.50 bits per heavy atom. The van der Waals surface area contributed by atoms with Gasteiger partial charge in [0.1, 0.15) is 5.69 Å². The van der Waals surface area contributed by atoms with Crippen molar-refractivity contribution in [1.82, 2.24) is 14.3 Å². The number of aromatic nitrogens is 3. The standard InChI is InChI=1S/C13H19N5O2/c1-3-17-8-10(14)6-12(17)13(19)16-11-7-15-18(9-11)4-5-20-2/h6-9H,3-5,14H2,1-2H3,(H,16,19). The Balaban J connectivity index is 2.05. The third-order valence-electron chi connectivity index (χ3n) is 2.91. The number of carbonyl (C=O) groups excluding carboxylic acids is 1. The van der Waals surface area contributed by atoms with Gasteiger partial charge in [0.25, 0.3) is 5.91 Å². The maximum Gasteiger partial charge on any atom is 0.272 e. The highest BCUT2D eigenvalue weighted by Gasteiger charge is 2.13. The molecule has 7 heteroatoms. The first kappa shape index (κ1) is 14.1. The fraction of sp³-hybridized carbons (Fsp3) is 0.385. The summed E-state index contributed by atoms with van der Waals surface area (Å²) in [6, 6.07) is 1.66. The van der Waals surface area contributed by atoms with Crippen LogP contribution in [-0.4, -0.2) is 34.0 Å². The summed E-state index contributed by atoms with van der Waals surface area (Å²) in [5.41, 5.74) is 7.47. The fourth-order valence-corrected chi connectivity index (χ4v) is 1.92. The van der Waals surface area contributed by atoms with E-state index >= 15 is 0 Å². The minimum Gasteiger partial charge on any atom is -0.397 e. The van der Waals surface area contributed by atoms with Crippen molar-refractivity contribution in [3.8, 4) is 0 Å². The number of methoxy groups -OCH3 is 1. The van der Waals surface area contributed by atoms with Crippen LogP contribution in [0.2, 0.25) is 0 Å². The van der Waals surface area contributed by atoms with Crippen LogP contribution in [0.4, 0.5) is 11.4 Å². The molecule has 3 N–H and O–H groups in total. The molecule has 1 amide bonds. The summed E-state index contributed by atoms with van der Waals surface area (Å²) in [5.74, 6) is -0.199. The van der Waals surface area contributed by atoms with E-state index in [2.05, 4.69) is 10.4 Å². The molecule has 0 fully saturated rings. The van der Waals surface area contributed by atoms with Gasteiger partial charge in [0, 0.05) is 26.0 Å². The molecule has 0 radical (unpaired) electrons. The van der Waals surface area contributed by atoms with Gasteiger partial charge in [0.05, 0.1) is 30.7 Å². The number of ether oxygens (including phenoxy) is 1. The van der Waals surface area contributed by atoms with Crippen LogP contribution < -0.4 is 11.1 Å². The zero-order valence-corrected chi connectivity index (χ0v) is 11.7. The normalized spacial score (nSPS) is 10.7. The van der Waals surface area contributed by atoms with Crippen molar-refractivity contribution in [1.29, 1.82) is 0 Å². The Morgan fingerprint density at radius 2 is 2.30 bits per heavy atom. The van der Waals surface area contributed by atoms with Gasteiger partial charge in [-0.15, -0.1) is 0 Å². The number of anilines is 2. The largest absolute Gasteiger partial charge is 0.397 e. The van der Waals surface area contributed by atoms with Gasteiger partial charge in [-0.3, -0.25) is 9.48 Å². The monoisotopic (exact) mass is 277 g/mol. The van der Waals surface area contributed by atoms with Crippen molar-refractivity contribution in [2.75, 3.05) is 24.8 Å². The van der Waals surface area contributed by atoms with E-state index in [4.69, 9.17) is 10.5 Å². The van der Waals surface area contributed by atoms with E-state index in [1.54, 1.807) is 41.0 Å². The zero-order valence-electron chi connectivity index (χ0n) is 11.7. The van der Waals surface area contributed by atoms with Crippen molar-refractivity contribution in [2.45, 2.75) is 20.0 Å². The van der Waals surface area contributed by atoms with Crippen molar-refractivity contribution in [3.63, 3.8) is 0 Å². The molecule has 0 aliphatic rings. The number of hydrogen-bond donors (Lipinski definition) is 2. The zero-order chi connectivity index (χ0) is 14.5. The molecule has 0 spiro atoms. The van der Waals surface area contributed by atoms with Crippen molar-refractivity contribution in [3.05, 3.63) is 30.4 Å². The number of nitrogens with zero attached hydrogens (tertiary/aromatic N) is 3. The number of nitrogen functional groups attached to an aromatic ring is 1. The van der Waals surface area contributed by atoms with Crippen LogP contribution in [0.3, 0.4) is 0 Å². The molecule has 0 aromatic carbocycles. The van der Waals surface area contributed by atoms with Crippen molar-refractivity contribution < 1.29 is 9.53 Å². The third kappa shape index (κ3) is 3.18. The number of nitrogens with two attached hydrogens (primary N) is 1. The van der Waals surface area contributed by atoms with E-state index in [9.17, 15) is 4.79 Å². The maximum absolute atomic E-state index is 12.2. The molecule has 108 valence electrons. The molecule has 2 rings (SSSR count). The Hall–Kier alpha value is -2.28. The van der Waals surface area contributed by atoms with Gasteiger partial charge >= 0.3 is 0 Å². The second kappa shape index (κ2) is 6.25. The Bertz CT molecular complexity index is 587. The predicted octanol–water partition coefficient (Wildman–Crippen LogP) is 1.19. The molecular weight excluding hydrogens is 258 g/mol. The number of hydrogen-bond acceptors (Lipinski definition) is 4. The number of amides is 1. The van der Waals surface area contributed by atoms with Crippen LogP contribution in [0.5, 0.6) is 0 Å². The van der Waals surface area contributed by atoms with E-state index < -0.39 is 0 Å². The fourth-order valence-electron chi connectivity index (χ4n) is 1.92. The first-order valence-electron chi connectivity index (χ1n) is 6.42. The second-order valence-corrected chi connectivity index (χ2v) is 4.38. The molecule has 2 aromatic heterocycles. The number of nitrogens with one attached hydrogen (secondary N) is 1. The van der Waals surface area contributed by atoms with Gasteiger partial charge in [0.15, 0.2) is 0 Å². The van der Waals surface area contributed by atoms with Crippen molar-refractivity contribution >= 4 is 17.3 Å². The number of rotatable bonds is 6. The van der Waals surface area contributed by atoms with Crippen LogP contribution in [0.1, 0.15) is 17.4 Å². The van der Waals surface area contributed by atoms with E-state index in [1.807, 2.05) is 6.92 Å². The summed E-state index contributed by atoms with van der Waals surface area (Å²) in [6.45, 7) is 3.86. The van der Waals surface area contributed by atoms with Gasteiger partial charge in [-0.05, 0) is 13.0 Å². The van der Waals surface area contributed by atoms with Crippen LogP contribution >= 0.6 is 0 Å². The lowest BCUT2D eigenvalue weighted by atomic mass is 10.3. The molecular formula is C13H19N5O2.